The van der Waals surface area contributed by atoms with Gasteiger partial charge in [-0.3, -0.25) is 0 Å². The highest BCUT2D eigenvalue weighted by atomic mass is 16.8. The molecule has 31 N–H and O–H groups in total. The number of hydrogen-bond donors (Lipinski definition) is 31. The first-order valence-corrected chi connectivity index (χ1v) is 38.1. The van der Waals surface area contributed by atoms with E-state index in [-0.39, 0.29) is 0 Å². The van der Waals surface area contributed by atoms with Crippen molar-refractivity contribution in [2.45, 2.75) is 365 Å². The van der Waals surface area contributed by atoms with Crippen molar-refractivity contribution in [2.75, 3.05) is 46.2 Å². The normalized spacial score (nSPS) is 55.2. The fourth-order valence-corrected chi connectivity index (χ4v) is 15.5. The smallest absolute Gasteiger partial charge is 0.187 e. The van der Waals surface area contributed by atoms with Crippen LogP contribution in [0.4, 0.5) is 0 Å². The van der Waals surface area contributed by atoms with E-state index in [1.54, 1.807) is 0 Å². The second-order valence-corrected chi connectivity index (χ2v) is 30.8. The summed E-state index contributed by atoms with van der Waals surface area (Å²) in [6.45, 7) is -2.62. The topological polar surface area (TPSA) is 821 Å². The fourth-order valence-electron chi connectivity index (χ4n) is 15.5. The van der Waals surface area contributed by atoms with Gasteiger partial charge in [0, 0.05) is 0 Å². The standard InChI is InChI=1S/C66H112O52/c1-12-23(73)31(81)40(90)58(99-12)112-49-21(10-72)103-56(97)54(53(49)116-61-43(93)35(85)29(79)22(109-61)11-98-57-39(89)33(83)27(77)16(5-67)104-57)117-63-45(95)38(88)47(19(8-70)108-63)110-65-52(36(86)25(75)14(3)101-65)115-62-44(94)37(87)48(20(9-71)107-62)111-66-55(118-60-42(92)34(84)28(78)17(6-68)105-60)51(26(76)15(4)102-66)114-64-46(96)50(30(80)18(7-69)106-64)113-59-41(91)32(82)24(74)13(2)100-59/h12-97H,5-11H2,1-4H3/t12-,13-,14-,15-,16+,17+,18+,19+,20+,21+,22+,23+,24-,25-,26-,27+,28+,29+,30+,31+,32+,33-,34-,35-,36+,37+,38+,39+,40-,41+,42+,43+,44+,45+,46+,47+,48+,49+,50-,51+,52+,53-,54+,55+,56-,57+,58-,59-,60+,61-,62+,63+,64-,65-,66-/m0/s1. The second-order valence-electron chi connectivity index (χ2n) is 30.8. The lowest BCUT2D eigenvalue weighted by molar-refractivity contribution is -0.416. The van der Waals surface area contributed by atoms with E-state index in [9.17, 15) is 158 Å². The Balaban J connectivity index is 0.818. The largest absolute Gasteiger partial charge is 0.394 e. The number of rotatable bonds is 27. The lowest BCUT2D eigenvalue weighted by Gasteiger charge is -2.51. The van der Waals surface area contributed by atoms with Crippen LogP contribution in [0.2, 0.25) is 0 Å². The molecule has 0 unspecified atom stereocenters. The third-order valence-electron chi connectivity index (χ3n) is 22.8. The van der Waals surface area contributed by atoms with Gasteiger partial charge in [0.1, 0.15) is 244 Å². The highest BCUT2D eigenvalue weighted by Gasteiger charge is 2.63. The molecule has 11 fully saturated rings. The number of aliphatic hydroxyl groups is 31. The average molecular weight is 1740 g/mol. The van der Waals surface area contributed by atoms with Crippen molar-refractivity contribution in [2.24, 2.45) is 0 Å². The monoisotopic (exact) mass is 1740 g/mol. The molecular weight excluding hydrogens is 1620 g/mol. The predicted octanol–water partition coefficient (Wildman–Crippen LogP) is -20.9. The van der Waals surface area contributed by atoms with Crippen LogP contribution in [0.3, 0.4) is 0 Å². The van der Waals surface area contributed by atoms with Gasteiger partial charge in [0.25, 0.3) is 0 Å². The Morgan fingerprint density at radius 2 is 0.432 bits per heavy atom. The maximum absolute atomic E-state index is 12.1. The quantitative estimate of drug-likeness (QED) is 0.0363. The van der Waals surface area contributed by atoms with E-state index in [2.05, 4.69) is 0 Å². The summed E-state index contributed by atoms with van der Waals surface area (Å²) in [5.74, 6) is 0. The van der Waals surface area contributed by atoms with Gasteiger partial charge < -0.3 is 258 Å². The molecule has 0 aromatic heterocycles. The van der Waals surface area contributed by atoms with Crippen LogP contribution in [0.1, 0.15) is 27.7 Å². The van der Waals surface area contributed by atoms with Gasteiger partial charge in [-0.25, -0.2) is 0 Å². The lowest BCUT2D eigenvalue weighted by atomic mass is 9.95. The third-order valence-corrected chi connectivity index (χ3v) is 22.8. The first-order chi connectivity index (χ1) is 55.7. The van der Waals surface area contributed by atoms with E-state index in [0.29, 0.717) is 0 Å². The van der Waals surface area contributed by atoms with Crippen LogP contribution in [0.25, 0.3) is 0 Å². The molecule has 52 heteroatoms. The van der Waals surface area contributed by atoms with Crippen molar-refractivity contribution >= 4 is 0 Å². The molecule has 0 bridgehead atoms. The molecule has 11 heterocycles. The number of aliphatic hydroxyl groups excluding tert-OH is 31. The summed E-state index contributed by atoms with van der Waals surface area (Å²) >= 11 is 0. The summed E-state index contributed by atoms with van der Waals surface area (Å²) in [6.07, 6.45) is -112. The second kappa shape index (κ2) is 40.9. The summed E-state index contributed by atoms with van der Waals surface area (Å²) < 4.78 is 123. The van der Waals surface area contributed by atoms with Gasteiger partial charge in [-0.1, -0.05) is 0 Å². The van der Waals surface area contributed by atoms with Gasteiger partial charge in [0.05, 0.1) is 70.7 Å². The van der Waals surface area contributed by atoms with E-state index in [4.69, 9.17) is 99.5 Å². The van der Waals surface area contributed by atoms with E-state index in [1.165, 1.54) is 27.7 Å². The molecule has 0 aliphatic carbocycles. The van der Waals surface area contributed by atoms with Gasteiger partial charge in [0.2, 0.25) is 0 Å². The molecule has 0 saturated carbocycles. The fraction of sp³-hybridized carbons (Fsp3) is 1.00. The van der Waals surface area contributed by atoms with E-state index >= 15 is 0 Å². The summed E-state index contributed by atoms with van der Waals surface area (Å²) in [6, 6.07) is 0. The summed E-state index contributed by atoms with van der Waals surface area (Å²) in [7, 11) is 0. The van der Waals surface area contributed by atoms with Gasteiger partial charge in [-0.15, -0.1) is 0 Å². The Hall–Kier alpha value is -2.08. The third kappa shape index (κ3) is 19.8. The molecule has 688 valence electrons. The molecular formula is C66H112O52. The lowest BCUT2D eigenvalue weighted by Crippen LogP contribution is -2.69. The van der Waals surface area contributed by atoms with Crippen LogP contribution in [0, 0.1) is 0 Å². The van der Waals surface area contributed by atoms with Gasteiger partial charge >= 0.3 is 0 Å². The van der Waals surface area contributed by atoms with Gasteiger partial charge in [0.15, 0.2) is 69.2 Å². The molecule has 0 amide bonds. The molecule has 11 aliphatic rings. The number of ether oxygens (including phenoxy) is 21. The highest BCUT2D eigenvalue weighted by Crippen LogP contribution is 2.42. The van der Waals surface area contributed by atoms with Crippen molar-refractivity contribution < 1.29 is 258 Å². The Bertz CT molecular complexity index is 3040. The Morgan fingerprint density at radius 1 is 0.169 bits per heavy atom. The molecule has 11 aliphatic heterocycles. The Kier molecular flexibility index (Phi) is 33.5. The van der Waals surface area contributed by atoms with Gasteiger partial charge in [-0.2, -0.15) is 0 Å². The molecule has 55 atom stereocenters. The maximum atomic E-state index is 12.1. The zero-order valence-electron chi connectivity index (χ0n) is 63.1. The number of hydrogen-bond acceptors (Lipinski definition) is 52. The first kappa shape index (κ1) is 96.6. The van der Waals surface area contributed by atoms with Crippen LogP contribution >= 0.6 is 0 Å². The molecule has 0 radical (unpaired) electrons. The summed E-state index contributed by atoms with van der Waals surface area (Å²) in [5.41, 5.74) is 0. The van der Waals surface area contributed by atoms with E-state index in [0.717, 1.165) is 0 Å². The average Bonchev–Trinajstić information content (AvgIpc) is 0.763. The van der Waals surface area contributed by atoms with Crippen molar-refractivity contribution in [3.63, 3.8) is 0 Å². The molecule has 52 nitrogen and oxygen atoms in total. The van der Waals surface area contributed by atoms with Crippen molar-refractivity contribution in [3.05, 3.63) is 0 Å². The zero-order valence-corrected chi connectivity index (χ0v) is 63.1. The minimum atomic E-state index is -2.49. The Morgan fingerprint density at radius 3 is 0.881 bits per heavy atom. The van der Waals surface area contributed by atoms with Crippen LogP contribution < -0.4 is 0 Å². The molecule has 0 aromatic carbocycles. The van der Waals surface area contributed by atoms with E-state index < -0.39 is 384 Å². The Labute approximate surface area is 667 Å². The minimum absolute atomic E-state index is 0.894. The predicted molar refractivity (Wildman–Crippen MR) is 357 cm³/mol. The van der Waals surface area contributed by atoms with Crippen LogP contribution in [-0.4, -0.2) is 542 Å². The van der Waals surface area contributed by atoms with Crippen molar-refractivity contribution in [3.8, 4) is 0 Å². The minimum Gasteiger partial charge on any atom is -0.394 e. The summed E-state index contributed by atoms with van der Waals surface area (Å²) in [5, 5.41) is 343. The molecule has 11 saturated heterocycles. The van der Waals surface area contributed by atoms with Gasteiger partial charge in [-0.05, 0) is 27.7 Å². The van der Waals surface area contributed by atoms with Crippen LogP contribution in [-0.2, 0) is 99.5 Å². The summed E-state index contributed by atoms with van der Waals surface area (Å²) in [4.78, 5) is 0. The maximum Gasteiger partial charge on any atom is 0.187 e. The van der Waals surface area contributed by atoms with Crippen LogP contribution in [0.15, 0.2) is 0 Å². The SMILES string of the molecule is C[C@@H]1O[C@@H](O[C@@H]2[C@@H](O)[C@H](O[C@@H]3[C@@H](O)[C@H](C)O[C@@H](O[C@H]4[C@H](O)[C@@H](O)[C@@H](O[C@H]5[C@H](O[C@H]6[C@H](O)[C@@H](O)[C@@H](O[C@@H]7[C@@H](O[C@@H]8O[C@H](CO[C@@H]9O[C@H](CO)[C@@H](O)[C@H](O)[C@H]9O)[C@@H](O)[C@H](O)[C@H]8O)[C@H](O[C@@H]8O[C@@H](C)[C@@H](O)[C@@H](O)[C@@H]8O)[C@@H](CO)O[C@@H]7O)O[C@@H]6CO)O[C@@H](C)[C@H](O)[C@H]5O)O[C@@H]4CO)[C@@H]3O[C@H]3O[C@H](CO)[C@@H](O)[C@H](O)[C@H]3O)O[C@H](CO)[C@H]2O)[C@H](O)[C@H](O)[C@H]1O. The van der Waals surface area contributed by atoms with E-state index in [1.807, 2.05) is 0 Å². The first-order valence-electron chi connectivity index (χ1n) is 38.1. The highest BCUT2D eigenvalue weighted by molar-refractivity contribution is 5.04. The molecule has 0 spiro atoms. The van der Waals surface area contributed by atoms with Crippen molar-refractivity contribution in [1.29, 1.82) is 0 Å². The zero-order chi connectivity index (χ0) is 86.6. The molecule has 0 aromatic rings. The van der Waals surface area contributed by atoms with Crippen molar-refractivity contribution in [1.82, 2.24) is 0 Å². The molecule has 118 heavy (non-hydrogen) atoms. The molecule has 11 rings (SSSR count). The van der Waals surface area contributed by atoms with Crippen LogP contribution in [0.5, 0.6) is 0 Å².